The zero-order valence-corrected chi connectivity index (χ0v) is 16.1. The molecule has 0 fully saturated rings. The van der Waals surface area contributed by atoms with Gasteiger partial charge in [-0.1, -0.05) is 42.5 Å². The Kier molecular flexibility index (Phi) is 5.59. The van der Waals surface area contributed by atoms with Crippen molar-refractivity contribution in [2.45, 2.75) is 33.9 Å². The molecule has 0 unspecified atom stereocenters. The van der Waals surface area contributed by atoms with Gasteiger partial charge in [0.25, 0.3) is 5.56 Å². The van der Waals surface area contributed by atoms with Crippen molar-refractivity contribution < 1.29 is 9.53 Å². The standard InChI is InChI=1S/C22H22N2O4/c1-15-9-10-16(2)21(17(15)3)28-20(26)14-24-19(25)11-12-23(22(24)27)13-18-7-5-4-6-8-18/h4-12H,13-14H2,1-3H3. The molecule has 0 amide bonds. The average molecular weight is 378 g/mol. The van der Waals surface area contributed by atoms with Crippen LogP contribution in [0.15, 0.2) is 64.3 Å². The van der Waals surface area contributed by atoms with Crippen molar-refractivity contribution in [3.63, 3.8) is 0 Å². The lowest BCUT2D eigenvalue weighted by molar-refractivity contribution is -0.135. The van der Waals surface area contributed by atoms with Crippen LogP contribution in [0.4, 0.5) is 0 Å². The normalized spacial score (nSPS) is 10.7. The number of carbonyl (C=O) groups excluding carboxylic acids is 1. The Balaban J connectivity index is 1.85. The molecule has 0 N–H and O–H groups in total. The predicted octanol–water partition coefficient (Wildman–Crippen LogP) is 2.59. The van der Waals surface area contributed by atoms with E-state index in [0.29, 0.717) is 12.3 Å². The van der Waals surface area contributed by atoms with Crippen molar-refractivity contribution in [2.75, 3.05) is 0 Å². The molecular weight excluding hydrogens is 356 g/mol. The summed E-state index contributed by atoms with van der Waals surface area (Å²) in [5.74, 6) is -0.188. The molecule has 144 valence electrons. The number of benzene rings is 2. The second kappa shape index (κ2) is 8.08. The van der Waals surface area contributed by atoms with E-state index in [-0.39, 0.29) is 0 Å². The lowest BCUT2D eigenvalue weighted by atomic mass is 10.1. The van der Waals surface area contributed by atoms with Crippen molar-refractivity contribution >= 4 is 5.97 Å². The first kappa shape index (κ1) is 19.4. The number of nitrogens with zero attached hydrogens (tertiary/aromatic N) is 2. The van der Waals surface area contributed by atoms with Gasteiger partial charge in [-0.05, 0) is 43.0 Å². The van der Waals surface area contributed by atoms with Gasteiger partial charge in [0.05, 0.1) is 6.54 Å². The van der Waals surface area contributed by atoms with Crippen molar-refractivity contribution in [3.05, 3.63) is 97.8 Å². The van der Waals surface area contributed by atoms with E-state index >= 15 is 0 Å². The van der Waals surface area contributed by atoms with E-state index < -0.39 is 23.8 Å². The van der Waals surface area contributed by atoms with Crippen LogP contribution in [0.2, 0.25) is 0 Å². The fourth-order valence-corrected chi connectivity index (χ4v) is 2.96. The first-order chi connectivity index (χ1) is 13.4. The molecule has 1 aromatic heterocycles. The molecule has 1 heterocycles. The summed E-state index contributed by atoms with van der Waals surface area (Å²) in [6.07, 6.45) is 1.44. The summed E-state index contributed by atoms with van der Waals surface area (Å²) in [7, 11) is 0. The van der Waals surface area contributed by atoms with E-state index in [1.165, 1.54) is 16.8 Å². The van der Waals surface area contributed by atoms with Gasteiger partial charge < -0.3 is 4.74 Å². The molecule has 0 aliphatic carbocycles. The lowest BCUT2D eigenvalue weighted by Crippen LogP contribution is -2.41. The molecule has 6 heteroatoms. The molecule has 0 saturated heterocycles. The van der Waals surface area contributed by atoms with Gasteiger partial charge in [0, 0.05) is 12.3 Å². The first-order valence-electron chi connectivity index (χ1n) is 8.98. The Morgan fingerprint density at radius 2 is 1.61 bits per heavy atom. The summed E-state index contributed by atoms with van der Waals surface area (Å²) < 4.78 is 7.77. The highest BCUT2D eigenvalue weighted by atomic mass is 16.5. The van der Waals surface area contributed by atoms with Crippen LogP contribution in [0, 0.1) is 20.8 Å². The molecule has 0 atom stereocenters. The van der Waals surface area contributed by atoms with Crippen LogP contribution in [-0.2, 0) is 17.9 Å². The molecule has 0 spiro atoms. The highest BCUT2D eigenvalue weighted by molar-refractivity contribution is 5.73. The van der Waals surface area contributed by atoms with Gasteiger partial charge in [0.2, 0.25) is 0 Å². The Labute approximate surface area is 162 Å². The van der Waals surface area contributed by atoms with Crippen LogP contribution < -0.4 is 16.0 Å². The molecule has 3 aromatic rings. The summed E-state index contributed by atoms with van der Waals surface area (Å²) >= 11 is 0. The quantitative estimate of drug-likeness (QED) is 0.505. The van der Waals surface area contributed by atoms with Crippen molar-refractivity contribution in [2.24, 2.45) is 0 Å². The minimum atomic E-state index is -0.659. The molecule has 6 nitrogen and oxygen atoms in total. The molecule has 0 aliphatic heterocycles. The minimum absolute atomic E-state index is 0.311. The number of hydrogen-bond acceptors (Lipinski definition) is 4. The van der Waals surface area contributed by atoms with Crippen molar-refractivity contribution in [1.82, 2.24) is 9.13 Å². The monoisotopic (exact) mass is 378 g/mol. The van der Waals surface area contributed by atoms with Crippen LogP contribution >= 0.6 is 0 Å². The third-order valence-electron chi connectivity index (χ3n) is 4.71. The Bertz CT molecular complexity index is 1130. The summed E-state index contributed by atoms with van der Waals surface area (Å²) in [5, 5.41) is 0. The molecule has 0 aliphatic rings. The lowest BCUT2D eigenvalue weighted by Gasteiger charge is -2.13. The second-order valence-corrected chi connectivity index (χ2v) is 6.76. The van der Waals surface area contributed by atoms with E-state index in [4.69, 9.17) is 4.74 Å². The molecule has 0 bridgehead atoms. The van der Waals surface area contributed by atoms with Crippen LogP contribution in [-0.4, -0.2) is 15.1 Å². The van der Waals surface area contributed by atoms with E-state index in [1.807, 2.05) is 63.2 Å². The number of aryl methyl sites for hydroxylation is 2. The number of hydrogen-bond donors (Lipinski definition) is 0. The van der Waals surface area contributed by atoms with Gasteiger partial charge >= 0.3 is 11.7 Å². The second-order valence-electron chi connectivity index (χ2n) is 6.76. The highest BCUT2D eigenvalue weighted by Crippen LogP contribution is 2.25. The molecule has 28 heavy (non-hydrogen) atoms. The predicted molar refractivity (Wildman–Crippen MR) is 107 cm³/mol. The topological polar surface area (TPSA) is 70.3 Å². The molecule has 2 aromatic carbocycles. The fraction of sp³-hybridized carbons (Fsp3) is 0.227. The highest BCUT2D eigenvalue weighted by Gasteiger charge is 2.15. The van der Waals surface area contributed by atoms with Gasteiger partial charge in [-0.3, -0.25) is 9.36 Å². The van der Waals surface area contributed by atoms with E-state index in [1.54, 1.807) is 0 Å². The summed E-state index contributed by atoms with van der Waals surface area (Å²) in [4.78, 5) is 37.3. The SMILES string of the molecule is Cc1ccc(C)c(OC(=O)Cn2c(=O)ccn(Cc3ccccc3)c2=O)c1C. The van der Waals surface area contributed by atoms with E-state index in [2.05, 4.69) is 0 Å². The third-order valence-corrected chi connectivity index (χ3v) is 4.71. The fourth-order valence-electron chi connectivity index (χ4n) is 2.96. The third kappa shape index (κ3) is 4.11. The smallest absolute Gasteiger partial charge is 0.331 e. The van der Waals surface area contributed by atoms with Crippen LogP contribution in [0.1, 0.15) is 22.3 Å². The van der Waals surface area contributed by atoms with Gasteiger partial charge in [0.15, 0.2) is 0 Å². The average Bonchev–Trinajstić information content (AvgIpc) is 2.68. The summed E-state index contributed by atoms with van der Waals surface area (Å²) in [5.41, 5.74) is 2.50. The number of esters is 1. The summed E-state index contributed by atoms with van der Waals surface area (Å²) in [6.45, 7) is 5.50. The van der Waals surface area contributed by atoms with Crippen molar-refractivity contribution in [1.29, 1.82) is 0 Å². The summed E-state index contributed by atoms with van der Waals surface area (Å²) in [6, 6.07) is 14.5. The molecule has 0 radical (unpaired) electrons. The maximum atomic E-state index is 12.7. The van der Waals surface area contributed by atoms with E-state index in [0.717, 1.165) is 26.8 Å². The zero-order chi connectivity index (χ0) is 20.3. The van der Waals surface area contributed by atoms with E-state index in [9.17, 15) is 14.4 Å². The molecule has 3 rings (SSSR count). The van der Waals surface area contributed by atoms with Crippen LogP contribution in [0.25, 0.3) is 0 Å². The number of ether oxygens (including phenoxy) is 1. The van der Waals surface area contributed by atoms with Crippen LogP contribution in [0.5, 0.6) is 5.75 Å². The zero-order valence-electron chi connectivity index (χ0n) is 16.1. The van der Waals surface area contributed by atoms with Gasteiger partial charge in [-0.2, -0.15) is 0 Å². The Morgan fingerprint density at radius 3 is 2.32 bits per heavy atom. The maximum absolute atomic E-state index is 12.7. The van der Waals surface area contributed by atoms with Gasteiger partial charge in [-0.15, -0.1) is 0 Å². The van der Waals surface area contributed by atoms with Crippen molar-refractivity contribution in [3.8, 4) is 5.75 Å². The number of carbonyl (C=O) groups is 1. The minimum Gasteiger partial charge on any atom is -0.425 e. The van der Waals surface area contributed by atoms with Gasteiger partial charge in [-0.25, -0.2) is 14.2 Å². The Morgan fingerprint density at radius 1 is 0.929 bits per heavy atom. The maximum Gasteiger partial charge on any atom is 0.331 e. The van der Waals surface area contributed by atoms with Crippen LogP contribution in [0.3, 0.4) is 0 Å². The molecular formula is C22H22N2O4. The number of aromatic nitrogens is 2. The Hall–Kier alpha value is -3.41. The first-order valence-corrected chi connectivity index (χ1v) is 8.98. The largest absolute Gasteiger partial charge is 0.425 e. The molecule has 0 saturated carbocycles. The number of rotatable bonds is 5. The van der Waals surface area contributed by atoms with Gasteiger partial charge in [0.1, 0.15) is 12.3 Å².